The van der Waals surface area contributed by atoms with Crippen LogP contribution >= 0.6 is 11.6 Å². The Morgan fingerprint density at radius 3 is 2.55 bits per heavy atom. The lowest BCUT2D eigenvalue weighted by Crippen LogP contribution is -2.19. The molecule has 1 heterocycles. The van der Waals surface area contributed by atoms with Crippen LogP contribution in [0.1, 0.15) is 6.42 Å². The highest BCUT2D eigenvalue weighted by Crippen LogP contribution is 2.13. The van der Waals surface area contributed by atoms with Crippen molar-refractivity contribution < 1.29 is 4.21 Å². The van der Waals surface area contributed by atoms with Gasteiger partial charge in [0.05, 0.1) is 10.8 Å². The molecule has 2 aromatic rings. The summed E-state index contributed by atoms with van der Waals surface area (Å²) in [6.07, 6.45) is 2.24. The number of halogens is 1. The highest BCUT2D eigenvalue weighted by atomic mass is 35.5. The molecule has 0 saturated heterocycles. The van der Waals surface area contributed by atoms with E-state index < -0.39 is 10.8 Å². The van der Waals surface area contributed by atoms with E-state index in [1.165, 1.54) is 10.6 Å². The fraction of sp³-hybridized carbons (Fsp3) is 0.214. The summed E-state index contributed by atoms with van der Waals surface area (Å²) in [6.45, 7) is 0.503. The number of nitrogens with zero attached hydrogens (tertiary/aromatic N) is 1. The van der Waals surface area contributed by atoms with E-state index >= 15 is 0 Å². The predicted octanol–water partition coefficient (Wildman–Crippen LogP) is 2.28. The van der Waals surface area contributed by atoms with Crippen molar-refractivity contribution in [1.29, 1.82) is 0 Å². The lowest BCUT2D eigenvalue weighted by atomic mass is 10.4. The summed E-state index contributed by atoms with van der Waals surface area (Å²) < 4.78 is 13.6. The van der Waals surface area contributed by atoms with Gasteiger partial charge in [0.25, 0.3) is 5.56 Å². The number of nitrogen functional groups attached to an aromatic ring is 1. The number of nitrogens with two attached hydrogens (primary N) is 1. The summed E-state index contributed by atoms with van der Waals surface area (Å²) in [4.78, 5) is 12.3. The molecule has 1 aromatic carbocycles. The SMILES string of the molecule is Nc1ccc(=O)n(CCCS(=O)c2ccc(Cl)cc2)c1. The molecular weight excluding hydrogens is 296 g/mol. The molecule has 0 saturated carbocycles. The maximum absolute atomic E-state index is 12.1. The Labute approximate surface area is 124 Å². The number of pyridine rings is 1. The monoisotopic (exact) mass is 310 g/mol. The van der Waals surface area contributed by atoms with Gasteiger partial charge in [0, 0.05) is 40.2 Å². The Bertz CT molecular complexity index is 668. The fourth-order valence-electron chi connectivity index (χ4n) is 1.79. The first-order chi connectivity index (χ1) is 9.56. The lowest BCUT2D eigenvalue weighted by molar-refractivity contribution is 0.644. The quantitative estimate of drug-likeness (QED) is 0.921. The number of hydrogen-bond donors (Lipinski definition) is 1. The first-order valence-corrected chi connectivity index (χ1v) is 7.86. The Balaban J connectivity index is 1.92. The summed E-state index contributed by atoms with van der Waals surface area (Å²) >= 11 is 5.78. The Kier molecular flexibility index (Phi) is 4.98. The van der Waals surface area contributed by atoms with Crippen LogP contribution in [-0.4, -0.2) is 14.5 Å². The Morgan fingerprint density at radius 1 is 1.15 bits per heavy atom. The number of aryl methyl sites for hydroxylation is 1. The van der Waals surface area contributed by atoms with E-state index in [0.29, 0.717) is 29.4 Å². The molecular formula is C14H15ClN2O2S. The van der Waals surface area contributed by atoms with Crippen LogP contribution in [0.25, 0.3) is 0 Å². The van der Waals surface area contributed by atoms with E-state index in [4.69, 9.17) is 17.3 Å². The number of anilines is 1. The summed E-state index contributed by atoms with van der Waals surface area (Å²) in [7, 11) is -1.08. The van der Waals surface area contributed by atoms with Gasteiger partial charge in [-0.25, -0.2) is 0 Å². The van der Waals surface area contributed by atoms with Gasteiger partial charge in [-0.2, -0.15) is 0 Å². The van der Waals surface area contributed by atoms with Gasteiger partial charge in [-0.3, -0.25) is 9.00 Å². The van der Waals surface area contributed by atoms with E-state index in [-0.39, 0.29) is 5.56 Å². The molecule has 0 bridgehead atoms. The maximum atomic E-state index is 12.1. The second kappa shape index (κ2) is 6.72. The topological polar surface area (TPSA) is 65.1 Å². The Morgan fingerprint density at radius 2 is 1.85 bits per heavy atom. The van der Waals surface area contributed by atoms with Crippen molar-refractivity contribution in [3.8, 4) is 0 Å². The molecule has 0 aliphatic heterocycles. The van der Waals surface area contributed by atoms with Crippen LogP contribution in [0.5, 0.6) is 0 Å². The van der Waals surface area contributed by atoms with Crippen LogP contribution in [0.2, 0.25) is 5.02 Å². The average molecular weight is 311 g/mol. The largest absolute Gasteiger partial charge is 0.398 e. The zero-order valence-electron chi connectivity index (χ0n) is 10.8. The molecule has 6 heteroatoms. The minimum atomic E-state index is -1.08. The molecule has 0 spiro atoms. The number of rotatable bonds is 5. The third-order valence-electron chi connectivity index (χ3n) is 2.81. The lowest BCUT2D eigenvalue weighted by Gasteiger charge is -2.06. The number of benzene rings is 1. The smallest absolute Gasteiger partial charge is 0.250 e. The second-order valence-electron chi connectivity index (χ2n) is 4.35. The molecule has 2 rings (SSSR count). The van der Waals surface area contributed by atoms with Gasteiger partial charge in [-0.15, -0.1) is 0 Å². The van der Waals surface area contributed by atoms with Crippen LogP contribution in [0.15, 0.2) is 52.3 Å². The first-order valence-electron chi connectivity index (χ1n) is 6.16. The summed E-state index contributed by atoms with van der Waals surface area (Å²) in [5, 5.41) is 0.622. The van der Waals surface area contributed by atoms with Crippen molar-refractivity contribution in [3.05, 3.63) is 58.0 Å². The third kappa shape index (κ3) is 3.95. The number of aromatic nitrogens is 1. The van der Waals surface area contributed by atoms with Crippen molar-refractivity contribution in [2.45, 2.75) is 17.9 Å². The molecule has 1 atom stereocenters. The molecule has 0 aliphatic carbocycles. The minimum Gasteiger partial charge on any atom is -0.398 e. The van der Waals surface area contributed by atoms with E-state index in [9.17, 15) is 9.00 Å². The van der Waals surface area contributed by atoms with Crippen LogP contribution in [-0.2, 0) is 17.3 Å². The van der Waals surface area contributed by atoms with E-state index in [1.807, 2.05) is 0 Å². The van der Waals surface area contributed by atoms with Gasteiger partial charge in [0.15, 0.2) is 0 Å². The van der Waals surface area contributed by atoms with E-state index in [2.05, 4.69) is 0 Å². The highest BCUT2D eigenvalue weighted by Gasteiger charge is 2.04. The summed E-state index contributed by atoms with van der Waals surface area (Å²) in [5.41, 5.74) is 6.08. The van der Waals surface area contributed by atoms with E-state index in [0.717, 1.165) is 4.90 Å². The molecule has 1 unspecified atom stereocenters. The van der Waals surface area contributed by atoms with Crippen molar-refractivity contribution in [2.75, 3.05) is 11.5 Å². The third-order valence-corrected chi connectivity index (χ3v) is 4.52. The maximum Gasteiger partial charge on any atom is 0.250 e. The van der Waals surface area contributed by atoms with Gasteiger partial charge in [-0.1, -0.05) is 11.6 Å². The molecule has 2 N–H and O–H groups in total. The molecule has 0 radical (unpaired) electrons. The minimum absolute atomic E-state index is 0.100. The average Bonchev–Trinajstić information content (AvgIpc) is 2.43. The fourth-order valence-corrected chi connectivity index (χ4v) is 2.99. The molecule has 0 amide bonds. The van der Waals surface area contributed by atoms with Crippen molar-refractivity contribution >= 4 is 28.1 Å². The molecule has 0 aliphatic rings. The van der Waals surface area contributed by atoms with Crippen LogP contribution in [0.3, 0.4) is 0 Å². The summed E-state index contributed by atoms with van der Waals surface area (Å²) in [5.74, 6) is 0.489. The van der Waals surface area contributed by atoms with Gasteiger partial charge in [0.1, 0.15) is 0 Å². The second-order valence-corrected chi connectivity index (χ2v) is 6.36. The summed E-state index contributed by atoms with van der Waals surface area (Å²) in [6, 6.07) is 9.96. The first kappa shape index (κ1) is 14.8. The number of hydrogen-bond acceptors (Lipinski definition) is 3. The zero-order valence-corrected chi connectivity index (χ0v) is 12.4. The van der Waals surface area contributed by atoms with Crippen molar-refractivity contribution in [3.63, 3.8) is 0 Å². The van der Waals surface area contributed by atoms with Gasteiger partial charge < -0.3 is 10.3 Å². The zero-order chi connectivity index (χ0) is 14.5. The van der Waals surface area contributed by atoms with Gasteiger partial charge in [-0.05, 0) is 36.8 Å². The standard InChI is InChI=1S/C14H15ClN2O2S/c15-11-2-5-13(6-3-11)20(19)9-1-8-17-10-12(16)4-7-14(17)18/h2-7,10H,1,8-9,16H2. The molecule has 1 aromatic heterocycles. The Hall–Kier alpha value is -1.59. The normalized spacial score (nSPS) is 12.2. The van der Waals surface area contributed by atoms with Crippen LogP contribution in [0, 0.1) is 0 Å². The van der Waals surface area contributed by atoms with Crippen LogP contribution in [0.4, 0.5) is 5.69 Å². The van der Waals surface area contributed by atoms with E-state index in [1.54, 1.807) is 36.5 Å². The molecule has 106 valence electrons. The predicted molar refractivity (Wildman–Crippen MR) is 82.5 cm³/mol. The van der Waals surface area contributed by atoms with Crippen molar-refractivity contribution in [2.24, 2.45) is 0 Å². The van der Waals surface area contributed by atoms with Gasteiger partial charge in [0.2, 0.25) is 0 Å². The molecule has 4 nitrogen and oxygen atoms in total. The molecule has 20 heavy (non-hydrogen) atoms. The van der Waals surface area contributed by atoms with Crippen molar-refractivity contribution in [1.82, 2.24) is 4.57 Å². The molecule has 0 fully saturated rings. The highest BCUT2D eigenvalue weighted by molar-refractivity contribution is 7.85. The van der Waals surface area contributed by atoms with Gasteiger partial charge >= 0.3 is 0 Å². The van der Waals surface area contributed by atoms with Crippen LogP contribution < -0.4 is 11.3 Å².